The van der Waals surface area contributed by atoms with Crippen LogP contribution >= 0.6 is 24.0 Å². The van der Waals surface area contributed by atoms with Gasteiger partial charge in [-0.25, -0.2) is 0 Å². The van der Waals surface area contributed by atoms with Crippen LogP contribution in [0.2, 0.25) is 5.02 Å². The maximum atomic E-state index is 6.03. The summed E-state index contributed by atoms with van der Waals surface area (Å²) in [5.41, 5.74) is 2.17. The second-order valence-corrected chi connectivity index (χ2v) is 6.32. The highest BCUT2D eigenvalue weighted by molar-refractivity contribution is 6.30. The molecule has 0 saturated heterocycles. The minimum Gasteiger partial charge on any atom is -0.493 e. The van der Waals surface area contributed by atoms with E-state index in [1.165, 1.54) is 0 Å². The zero-order valence-electron chi connectivity index (χ0n) is 14.3. The van der Waals surface area contributed by atoms with Gasteiger partial charge in [-0.3, -0.25) is 0 Å². The van der Waals surface area contributed by atoms with E-state index in [9.17, 15) is 0 Å². The molecule has 0 aliphatic heterocycles. The van der Waals surface area contributed by atoms with Crippen molar-refractivity contribution in [2.45, 2.75) is 27.0 Å². The van der Waals surface area contributed by atoms with Gasteiger partial charge in [0.25, 0.3) is 0 Å². The summed E-state index contributed by atoms with van der Waals surface area (Å²) in [6.45, 7) is 6.58. The van der Waals surface area contributed by atoms with E-state index in [1.807, 2.05) is 36.4 Å². The minimum absolute atomic E-state index is 0. The van der Waals surface area contributed by atoms with Gasteiger partial charge in [0.15, 0.2) is 11.5 Å². The maximum absolute atomic E-state index is 6.03. The zero-order valence-corrected chi connectivity index (χ0v) is 15.9. The number of methoxy groups -OCH3 is 1. The predicted octanol–water partition coefficient (Wildman–Crippen LogP) is 5.10. The van der Waals surface area contributed by atoms with Gasteiger partial charge in [0.05, 0.1) is 7.11 Å². The smallest absolute Gasteiger partial charge is 0.166 e. The lowest BCUT2D eigenvalue weighted by Crippen LogP contribution is -2.19. The Kier molecular flexibility index (Phi) is 8.98. The molecule has 0 amide bonds. The molecule has 0 radical (unpaired) electrons. The lowest BCUT2D eigenvalue weighted by molar-refractivity contribution is 0.280. The molecule has 5 heteroatoms. The van der Waals surface area contributed by atoms with E-state index >= 15 is 0 Å². The molecule has 0 spiro atoms. The van der Waals surface area contributed by atoms with E-state index in [2.05, 4.69) is 25.2 Å². The number of para-hydroxylation sites is 1. The standard InChI is InChI=1S/C19H24ClNO2.ClH/c1-14(2)11-21-12-16-5-4-6-18(22-3)19(16)23-13-15-7-9-17(20)10-8-15;/h4-10,14,21H,11-13H2,1-3H3;1H. The first kappa shape index (κ1) is 20.6. The van der Waals surface area contributed by atoms with Crippen LogP contribution < -0.4 is 14.8 Å². The van der Waals surface area contributed by atoms with Crippen molar-refractivity contribution in [2.75, 3.05) is 13.7 Å². The zero-order chi connectivity index (χ0) is 16.7. The van der Waals surface area contributed by atoms with Crippen molar-refractivity contribution in [1.82, 2.24) is 5.32 Å². The van der Waals surface area contributed by atoms with Gasteiger partial charge in [0.2, 0.25) is 0 Å². The van der Waals surface area contributed by atoms with Crippen LogP contribution in [0.1, 0.15) is 25.0 Å². The van der Waals surface area contributed by atoms with E-state index in [0.717, 1.165) is 40.7 Å². The molecule has 24 heavy (non-hydrogen) atoms. The van der Waals surface area contributed by atoms with Gasteiger partial charge in [-0.2, -0.15) is 0 Å². The van der Waals surface area contributed by atoms with Gasteiger partial charge in [-0.05, 0) is 36.2 Å². The van der Waals surface area contributed by atoms with Gasteiger partial charge in [-0.1, -0.05) is 49.7 Å². The summed E-state index contributed by atoms with van der Waals surface area (Å²) in [6, 6.07) is 13.6. The summed E-state index contributed by atoms with van der Waals surface area (Å²) in [5.74, 6) is 2.16. The van der Waals surface area contributed by atoms with Crippen molar-refractivity contribution in [2.24, 2.45) is 5.92 Å². The molecule has 0 aliphatic carbocycles. The van der Waals surface area contributed by atoms with Gasteiger partial charge in [0.1, 0.15) is 6.61 Å². The Bertz CT molecular complexity index is 615. The topological polar surface area (TPSA) is 30.5 Å². The molecule has 0 aliphatic rings. The Labute approximate surface area is 155 Å². The van der Waals surface area contributed by atoms with Crippen LogP contribution in [-0.2, 0) is 13.2 Å². The molecule has 0 aromatic heterocycles. The highest BCUT2D eigenvalue weighted by Crippen LogP contribution is 2.32. The summed E-state index contributed by atoms with van der Waals surface area (Å²) >= 11 is 5.92. The van der Waals surface area contributed by atoms with Gasteiger partial charge >= 0.3 is 0 Å². The Morgan fingerprint density at radius 2 is 1.79 bits per heavy atom. The van der Waals surface area contributed by atoms with Crippen LogP contribution in [-0.4, -0.2) is 13.7 Å². The number of benzene rings is 2. The van der Waals surface area contributed by atoms with E-state index in [4.69, 9.17) is 21.1 Å². The van der Waals surface area contributed by atoms with Gasteiger partial charge in [0, 0.05) is 17.1 Å². The highest BCUT2D eigenvalue weighted by Gasteiger charge is 2.11. The molecule has 132 valence electrons. The first-order valence-electron chi connectivity index (χ1n) is 7.84. The Morgan fingerprint density at radius 1 is 1.08 bits per heavy atom. The van der Waals surface area contributed by atoms with Crippen molar-refractivity contribution in [3.63, 3.8) is 0 Å². The minimum atomic E-state index is 0. The molecular weight excluding hydrogens is 345 g/mol. The van der Waals surface area contributed by atoms with Crippen LogP contribution in [0.25, 0.3) is 0 Å². The molecular formula is C19H25Cl2NO2. The molecule has 1 N–H and O–H groups in total. The third-order valence-electron chi connectivity index (χ3n) is 3.44. The van der Waals surface area contributed by atoms with E-state index in [1.54, 1.807) is 7.11 Å². The van der Waals surface area contributed by atoms with Crippen molar-refractivity contribution in [1.29, 1.82) is 0 Å². The van der Waals surface area contributed by atoms with Crippen LogP contribution in [0.15, 0.2) is 42.5 Å². The average molecular weight is 370 g/mol. The van der Waals surface area contributed by atoms with Crippen molar-refractivity contribution in [3.8, 4) is 11.5 Å². The summed E-state index contributed by atoms with van der Waals surface area (Å²) in [5, 5.41) is 4.17. The third kappa shape index (κ3) is 6.23. The number of ether oxygens (including phenoxy) is 2. The maximum Gasteiger partial charge on any atom is 0.166 e. The Hall–Kier alpha value is -1.42. The highest BCUT2D eigenvalue weighted by atomic mass is 35.5. The van der Waals surface area contributed by atoms with Crippen LogP contribution in [0.4, 0.5) is 0 Å². The molecule has 2 aromatic carbocycles. The number of rotatable bonds is 8. The summed E-state index contributed by atoms with van der Waals surface area (Å²) < 4.78 is 11.5. The monoisotopic (exact) mass is 369 g/mol. The fourth-order valence-electron chi connectivity index (χ4n) is 2.26. The molecule has 0 unspecified atom stereocenters. The normalized spacial score (nSPS) is 10.4. The van der Waals surface area contributed by atoms with Gasteiger partial charge in [-0.15, -0.1) is 12.4 Å². The van der Waals surface area contributed by atoms with E-state index < -0.39 is 0 Å². The molecule has 0 saturated carbocycles. The number of nitrogens with one attached hydrogen (secondary N) is 1. The third-order valence-corrected chi connectivity index (χ3v) is 3.70. The van der Waals surface area contributed by atoms with E-state index in [-0.39, 0.29) is 12.4 Å². The lowest BCUT2D eigenvalue weighted by atomic mass is 10.1. The molecule has 3 nitrogen and oxygen atoms in total. The van der Waals surface area contributed by atoms with Crippen LogP contribution in [0.5, 0.6) is 11.5 Å². The number of halogens is 2. The second-order valence-electron chi connectivity index (χ2n) is 5.89. The lowest BCUT2D eigenvalue weighted by Gasteiger charge is -2.16. The van der Waals surface area contributed by atoms with Crippen molar-refractivity contribution in [3.05, 3.63) is 58.6 Å². The fourth-order valence-corrected chi connectivity index (χ4v) is 2.38. The van der Waals surface area contributed by atoms with E-state index in [0.29, 0.717) is 12.5 Å². The molecule has 2 aromatic rings. The van der Waals surface area contributed by atoms with Crippen molar-refractivity contribution >= 4 is 24.0 Å². The van der Waals surface area contributed by atoms with Crippen LogP contribution in [0.3, 0.4) is 0 Å². The molecule has 2 rings (SSSR count). The fraction of sp³-hybridized carbons (Fsp3) is 0.368. The number of hydrogen-bond acceptors (Lipinski definition) is 3. The largest absolute Gasteiger partial charge is 0.493 e. The molecule has 0 atom stereocenters. The first-order chi connectivity index (χ1) is 11.1. The predicted molar refractivity (Wildman–Crippen MR) is 103 cm³/mol. The first-order valence-corrected chi connectivity index (χ1v) is 8.21. The van der Waals surface area contributed by atoms with Crippen LogP contribution in [0, 0.1) is 5.92 Å². The SMILES string of the molecule is COc1cccc(CNCC(C)C)c1OCc1ccc(Cl)cc1.Cl. The number of hydrogen-bond donors (Lipinski definition) is 1. The molecule has 0 heterocycles. The molecule has 0 fully saturated rings. The average Bonchev–Trinajstić information content (AvgIpc) is 2.54. The second kappa shape index (κ2) is 10.4. The summed E-state index contributed by atoms with van der Waals surface area (Å²) in [4.78, 5) is 0. The van der Waals surface area contributed by atoms with Crippen molar-refractivity contribution < 1.29 is 9.47 Å². The quantitative estimate of drug-likeness (QED) is 0.702. The Morgan fingerprint density at radius 3 is 2.42 bits per heavy atom. The summed E-state index contributed by atoms with van der Waals surface area (Å²) in [7, 11) is 1.66. The molecule has 0 bridgehead atoms. The Balaban J connectivity index is 0.00000288. The van der Waals surface area contributed by atoms with Gasteiger partial charge < -0.3 is 14.8 Å². The summed E-state index contributed by atoms with van der Waals surface area (Å²) in [6.07, 6.45) is 0.